The zero-order chi connectivity index (χ0) is 223. The number of Topliss-reactive ketones (excluding diaryl/α,β-unsaturated/α-hetero) is 1. The molecule has 3 fully saturated rings. The van der Waals surface area contributed by atoms with Crippen molar-refractivity contribution in [1.82, 2.24) is 44.9 Å². The molecule has 0 unspecified atom stereocenters. The van der Waals surface area contributed by atoms with Gasteiger partial charge >= 0.3 is 0 Å². The first-order valence-electron chi connectivity index (χ1n) is 113. The molecular weight excluding hydrogens is 1390 g/mol. The maximum Gasteiger partial charge on any atom is 0.226 e. The van der Waals surface area contributed by atoms with Crippen LogP contribution in [-0.4, -0.2) is 60.9 Å². The SMILES string of the molecule is [3H][3H].[3H][3H].[3H][3H].[3H][3H].[3H][3H].[3H][3H].[3H][3H].[3H][3H].[3H][3H].[3H][3H].[3H][3H].[3H][3H].[3H][3H].[3H][3H].[3H][3H].[3H][3H].[3H][3H].[3H][3H].[3H][3H].[3H][3H].[3H][3H].[3H][3H].[3H][3H].[3H][3H].[3H][3H].[3H][3H].[3H][3H].[3H][3H].[3H][3H].[3H][3H].[3H][3H].[3H][3H].[3H][3H].[3H][3H].[3H][3H].[3H][3H].[3H][3H].[3H][3H].[3H][3H].[3H][3H].[3H][3H].[3H][3H].[3H][3H].[3H][3H].[3H][3H].[3H][3H].[3H][3H].[3H][3H].[3H][3H].[3H][3H].[3H][3H].[3H][3H].[3H][3H].[3H][3H].[3H][3H].[3H][3H].[3H][3H].[3H][3H].[3H][3H].[3H][3H].[3H][3H].[3H][3H].[3H][3H].[3H][3H].[3H][3H].[3H][3H].[3H][3H].[3H][3H].[3H][3H].[3H][3H].[3H][3H].[3H][3H].[3H][3H].[C-]#[N+]C1=C(O)[C@H](CC=C)[C@H]2CCc3c(-c4ccccc4F)nc(-c4ccnc(C5CC5)c4)nc3[C@]2(C)C1.[C-]#[N+]C1=C(O)[C@H](CCC)[C@H]2CCc3c(-c4ccccc4F)nc(-c4ccnc(C5CC5)c4)nc3[C@]2(C)C1.[C-]#[N+]C1=C[C@@]2(C)c3nc(-c4ccnc(C5CC5)c4)nc(-c4ccccc4F)c3CC[C@@H]2[C@@H](CCC)C1=O. The summed E-state index contributed by atoms with van der Waals surface area (Å²) in [5.74, 6) is 2.36. The molecule has 0 bridgehead atoms. The number of carbonyl (C=O) groups excluding carboxylic acids is 1. The van der Waals surface area contributed by atoms with E-state index in [2.05, 4.69) is 88.9 Å². The van der Waals surface area contributed by atoms with Crippen molar-refractivity contribution < 1.29 is 245 Å². The van der Waals surface area contributed by atoms with Gasteiger partial charge in [0.1, 0.15) is 17.5 Å². The number of aliphatic hydroxyl groups excluding tert-OH is 2. The molecule has 9 atom stereocenters. The molecule has 0 spiro atoms. The predicted molar refractivity (Wildman–Crippen MR) is 576 cm³/mol. The Balaban J connectivity index is -0.0000000305. The summed E-state index contributed by atoms with van der Waals surface area (Å²) in [5.41, 5.74) is 13.8. The molecule has 6 aromatic heterocycles. The number of fused-ring (bicyclic) bond motifs is 9. The Labute approximate surface area is 872 Å². The van der Waals surface area contributed by atoms with Crippen LogP contribution in [0.25, 0.3) is 82.5 Å². The number of aromatic nitrogens is 9. The summed E-state index contributed by atoms with van der Waals surface area (Å²) in [4.78, 5) is 68.4. The number of benzene rings is 3. The average molecular weight is 1920 g/mol. The van der Waals surface area contributed by atoms with E-state index >= 15 is 13.2 Å². The Morgan fingerprint density at radius 3 is 1.25 bits per heavy atom. The molecule has 706 valence electrons. The zero-order valence-corrected chi connectivity index (χ0v) is 63.4. The molecule has 0 radical (unpaired) electrons. The van der Waals surface area contributed by atoms with Gasteiger partial charge in [-0.3, -0.25) is 15.0 Å². The van der Waals surface area contributed by atoms with Crippen LogP contribution in [0.2, 0.25) is 0 Å². The van der Waals surface area contributed by atoms with Crippen LogP contribution in [0.3, 0.4) is 0 Å². The van der Waals surface area contributed by atoms with E-state index in [1.807, 2.05) is 54.7 Å². The highest BCUT2D eigenvalue weighted by Crippen LogP contribution is 2.59. The minimum Gasteiger partial charge on any atom is -0.523 e. The van der Waals surface area contributed by atoms with E-state index in [-0.39, 0.29) is 76.0 Å². The second kappa shape index (κ2) is 29.9. The third kappa shape index (κ3) is 13.5. The fourth-order valence-corrected chi connectivity index (χ4v) is 19.5. The van der Waals surface area contributed by atoms with E-state index in [0.29, 0.717) is 119 Å². The molecule has 18 heteroatoms. The lowest BCUT2D eigenvalue weighted by molar-refractivity contribution is -0.122. The third-order valence-electron chi connectivity index (χ3n) is 25.5. The number of pyridine rings is 3. The largest absolute Gasteiger partial charge is 0.523 e. The Morgan fingerprint density at radius 1 is 0.505 bits per heavy atom. The maximum absolute atomic E-state index is 15.2. The summed E-state index contributed by atoms with van der Waals surface area (Å²) >= 11 is 0. The fourth-order valence-electron chi connectivity index (χ4n) is 19.5. The molecule has 9 aliphatic rings. The van der Waals surface area contributed by atoms with Crippen LogP contribution in [0, 0.1) is 72.7 Å². The van der Waals surface area contributed by atoms with E-state index in [1.54, 1.807) is 48.8 Å². The molecule has 9 aliphatic carbocycles. The number of rotatable bonds is 15. The summed E-state index contributed by atoms with van der Waals surface area (Å²) in [6.07, 6.45) is 25.2. The second-order valence-electron chi connectivity index (χ2n) is 32.6. The van der Waals surface area contributed by atoms with Gasteiger partial charge in [0, 0.05) is 354 Å². The van der Waals surface area contributed by atoms with Crippen LogP contribution >= 0.6 is 0 Å². The van der Waals surface area contributed by atoms with Gasteiger partial charge in [-0.25, -0.2) is 57.6 Å². The average Bonchev–Trinajstić information content (AvgIpc) is 1.49. The lowest BCUT2D eigenvalue weighted by Crippen LogP contribution is -2.47. The van der Waals surface area contributed by atoms with Gasteiger partial charge in [0.15, 0.2) is 23.3 Å². The van der Waals surface area contributed by atoms with E-state index < -0.39 is 16.2 Å². The van der Waals surface area contributed by atoms with Crippen molar-refractivity contribution >= 4 is 5.78 Å². The molecule has 3 aromatic carbocycles. The predicted octanol–water partition coefficient (Wildman–Crippen LogP) is 39.7. The van der Waals surface area contributed by atoms with Crippen LogP contribution in [0.1, 0.15) is 423 Å². The van der Waals surface area contributed by atoms with Gasteiger partial charge in [-0.1, -0.05) is 96.0 Å². The molecule has 0 saturated heterocycles. The van der Waals surface area contributed by atoms with E-state index in [4.69, 9.17) is 266 Å². The smallest absolute Gasteiger partial charge is 0.226 e. The Hall–Kier alpha value is -11.2. The quantitative estimate of drug-likeness (QED) is 0.0732. The monoisotopic (exact) mass is 1920 g/mol. The number of ketones is 1. The van der Waals surface area contributed by atoms with Gasteiger partial charge in [-0.2, -0.15) is 0 Å². The van der Waals surface area contributed by atoms with Gasteiger partial charge in [-0.05, 0) is 200 Å². The maximum atomic E-state index is 15.2. The highest BCUT2D eigenvalue weighted by molar-refractivity contribution is 6.00. The molecule has 9 aromatic rings. The van der Waals surface area contributed by atoms with E-state index in [0.717, 1.165) is 151 Å². The molecule has 15 nitrogen and oxygen atoms in total. The number of aliphatic hydroxyl groups is 2. The Morgan fingerprint density at radius 2 is 0.874 bits per heavy atom. The molecule has 111 heavy (non-hydrogen) atoms. The number of nitrogens with zero attached hydrogens (tertiary/aromatic N) is 12. The lowest BCUT2D eigenvalue weighted by atomic mass is 9.56. The standard InChI is InChI=1S/C31H31FN4O.2C31H29FN4O.73H2/c3*1-4-7-20-23-13-12-22-27(21-8-5-6-9-24(21)32)35-30(19-14-15-34-25(16-19)18-10-11-18)36-29(22)31(23,2)17-26(33-3)28(20)37;;;;;;;;;;;;;;;;;;;;;;;;;;;;;;;;;;;;;;;;;;;;;;;;;;;;;;;;;;;;;;;;;;;;;;;;;/h5-6,8-9,14-16,18,20,23,37H,4,7,10-13,17H2,1-2H3;5-6,8-9,14-18,20,23H,4,7,10-13H2,1-2H3;4-6,8-9,14-16,18,20,23,37H,1,7,10-13,17H2,2H3;73*1H/t3*20-,23-,31-;;;;;;;;;;;;;;;;;;;;;;;;;;;;;;;;;;;;;;;;;;;;;;;;;;;;;;;;;;;;;;;;;;;;;;;;;/m111........................................................................./s1/i;;;73*1+2T. The second-order valence-corrected chi connectivity index (χ2v) is 32.6. The molecule has 2 N–H and O–H groups in total. The number of hydrogen-bond acceptors (Lipinski definition) is 12. The summed E-state index contributed by atoms with van der Waals surface area (Å²) in [5, 5.41) is 22.0. The number of halogens is 3. The van der Waals surface area contributed by atoms with Crippen molar-refractivity contribution in [2.75, 3.05) is 0 Å². The van der Waals surface area contributed by atoms with Crippen LogP contribution in [0.15, 0.2) is 175 Å². The number of carbonyl (C=O) groups is 1. The van der Waals surface area contributed by atoms with Gasteiger partial charge < -0.3 is 15.0 Å². The first kappa shape index (κ1) is 27.6. The van der Waals surface area contributed by atoms with Crippen LogP contribution in [0.4, 0.5) is 13.2 Å². The minimum absolute atomic E-state index is 0.0358. The zero-order valence-electron chi connectivity index (χ0n) is 209. The first-order chi connectivity index (χ1) is 127. The summed E-state index contributed by atoms with van der Waals surface area (Å²) in [7, 11) is 0. The third-order valence-corrected chi connectivity index (χ3v) is 25.5. The molecule has 3 saturated carbocycles. The van der Waals surface area contributed by atoms with Crippen molar-refractivity contribution in [3.63, 3.8) is 0 Å². The highest BCUT2D eigenvalue weighted by atomic mass is 19.1. The molecule has 18 rings (SSSR count). The topological polar surface area (TPSA) is 187 Å². The summed E-state index contributed by atoms with van der Waals surface area (Å²) in [6.45, 7) is 37.8. The van der Waals surface area contributed by atoms with Crippen molar-refractivity contribution in [2.45, 2.75) is 191 Å². The Kier molecular flexibility index (Phi) is 7.45. The van der Waals surface area contributed by atoms with Crippen LogP contribution in [0.5, 0.6) is 0 Å². The summed E-state index contributed by atoms with van der Waals surface area (Å²) in [6, 6.07) is 32.2. The molecule has 0 amide bonds. The number of allylic oxidation sites excluding steroid dienone is 7. The van der Waals surface area contributed by atoms with Crippen LogP contribution < -0.4 is 0 Å². The highest BCUT2D eigenvalue weighted by Gasteiger charge is 2.55. The van der Waals surface area contributed by atoms with Gasteiger partial charge in [0.25, 0.3) is 0 Å². The van der Waals surface area contributed by atoms with E-state index in [9.17, 15) is 15.0 Å². The van der Waals surface area contributed by atoms with Crippen molar-refractivity contribution in [2.24, 2.45) is 35.5 Å². The van der Waals surface area contributed by atoms with E-state index in [1.165, 1.54) is 18.2 Å². The normalized spacial score (nSPS) is 30.0. The van der Waals surface area contributed by atoms with Gasteiger partial charge in [0.2, 0.25) is 17.1 Å². The van der Waals surface area contributed by atoms with Gasteiger partial charge in [-0.15, -0.1) is 6.58 Å². The van der Waals surface area contributed by atoms with Crippen molar-refractivity contribution in [3.8, 4) is 67.9 Å². The molecule has 0 aliphatic heterocycles. The van der Waals surface area contributed by atoms with Crippen molar-refractivity contribution in [1.29, 1.82) is 0 Å². The first-order valence-corrected chi connectivity index (χ1v) is 39.5. The lowest BCUT2D eigenvalue weighted by Gasteiger charge is -2.49. The Bertz CT molecular complexity index is 5740. The van der Waals surface area contributed by atoms with Gasteiger partial charge in [0.05, 0.1) is 65.4 Å². The summed E-state index contributed by atoms with van der Waals surface area (Å²) < 4.78 is 775. The molecule has 6 heterocycles. The number of hydrogen-bond donors (Lipinski definition) is 2. The van der Waals surface area contributed by atoms with Crippen LogP contribution in [-0.2, 0) is 40.3 Å². The fraction of sp³-hybridized carbons (Fsp3) is 0.387. The minimum atomic E-state index is -0.620. The van der Waals surface area contributed by atoms with Crippen molar-refractivity contribution in [3.05, 3.63) is 278 Å². The molecular formula is C93H235F3N12O3.